The number of nitrogens with two attached hydrogens (primary N) is 1. The highest BCUT2D eigenvalue weighted by Gasteiger charge is 2.26. The number of ketones is 1. The fourth-order valence-corrected chi connectivity index (χ4v) is 3.39. The molecular formula is C21H23Cl2NO5. The molecule has 0 aliphatic carbocycles. The van der Waals surface area contributed by atoms with Crippen LogP contribution in [0.1, 0.15) is 35.7 Å². The molecule has 0 bridgehead atoms. The second-order valence-corrected chi connectivity index (χ2v) is 7.09. The second-order valence-electron chi connectivity index (χ2n) is 6.28. The van der Waals surface area contributed by atoms with Crippen molar-refractivity contribution in [2.45, 2.75) is 32.3 Å². The van der Waals surface area contributed by atoms with Crippen LogP contribution in [0.15, 0.2) is 30.3 Å². The number of halogens is 2. The molecule has 0 aliphatic heterocycles. The van der Waals surface area contributed by atoms with Crippen LogP contribution in [-0.4, -0.2) is 32.0 Å². The summed E-state index contributed by atoms with van der Waals surface area (Å²) in [6, 6.07) is 8.16. The van der Waals surface area contributed by atoms with Gasteiger partial charge in [0.15, 0.2) is 23.4 Å². The highest BCUT2D eigenvalue weighted by atomic mass is 35.5. The Morgan fingerprint density at radius 2 is 1.69 bits per heavy atom. The first kappa shape index (κ1) is 22.8. The topological polar surface area (TPSA) is 87.8 Å². The molecule has 0 spiro atoms. The van der Waals surface area contributed by atoms with Crippen molar-refractivity contribution >= 4 is 34.9 Å². The first-order valence-corrected chi connectivity index (χ1v) is 9.76. The molecule has 0 saturated heterocycles. The van der Waals surface area contributed by atoms with Crippen LogP contribution in [0.5, 0.6) is 17.2 Å². The third-order valence-corrected chi connectivity index (χ3v) is 5.04. The van der Waals surface area contributed by atoms with Crippen LogP contribution in [0.3, 0.4) is 0 Å². The Morgan fingerprint density at radius 1 is 1.03 bits per heavy atom. The summed E-state index contributed by atoms with van der Waals surface area (Å²) in [5, 5.41) is 0.768. The number of benzene rings is 2. The molecule has 1 amide bonds. The average Bonchev–Trinajstić information content (AvgIpc) is 2.69. The van der Waals surface area contributed by atoms with Gasteiger partial charge in [-0.2, -0.15) is 0 Å². The summed E-state index contributed by atoms with van der Waals surface area (Å²) in [6.07, 6.45) is 0.0775. The Bertz CT molecular complexity index is 881. The number of carbonyl (C=O) groups excluding carboxylic acids is 2. The van der Waals surface area contributed by atoms with Crippen LogP contribution in [0.4, 0.5) is 0 Å². The summed E-state index contributed by atoms with van der Waals surface area (Å²) in [7, 11) is 2.88. The summed E-state index contributed by atoms with van der Waals surface area (Å²) in [4.78, 5) is 24.9. The molecule has 2 aromatic carbocycles. The normalized spacial score (nSPS) is 11.6. The van der Waals surface area contributed by atoms with Crippen LogP contribution in [0.25, 0.3) is 0 Å². The minimum absolute atomic E-state index is 0.0562. The SMILES string of the molecule is CCCC(Oc1c(C(=O)Cc2c(Cl)cccc2Cl)ccc(OC)c1OC)C(N)=O. The number of Topliss-reactive ketones (excluding diaryl/α,β-unsaturated/α-hetero) is 1. The van der Waals surface area contributed by atoms with Crippen molar-refractivity contribution < 1.29 is 23.8 Å². The molecule has 8 heteroatoms. The van der Waals surface area contributed by atoms with Gasteiger partial charge in [0.05, 0.1) is 19.8 Å². The Labute approximate surface area is 179 Å². The molecular weight excluding hydrogens is 417 g/mol. The third-order valence-electron chi connectivity index (χ3n) is 4.33. The molecule has 0 saturated carbocycles. The van der Waals surface area contributed by atoms with Gasteiger partial charge in [0.1, 0.15) is 0 Å². The number of hydrogen-bond acceptors (Lipinski definition) is 5. The smallest absolute Gasteiger partial charge is 0.258 e. The van der Waals surface area contributed by atoms with Gasteiger partial charge in [-0.1, -0.05) is 42.6 Å². The predicted octanol–water partition coefficient (Wildman–Crippen LogP) is 4.47. The van der Waals surface area contributed by atoms with Gasteiger partial charge >= 0.3 is 0 Å². The van der Waals surface area contributed by atoms with Crippen molar-refractivity contribution in [2.24, 2.45) is 5.73 Å². The lowest BCUT2D eigenvalue weighted by molar-refractivity contribution is -0.125. The largest absolute Gasteiger partial charge is 0.493 e. The molecule has 0 radical (unpaired) electrons. The minimum Gasteiger partial charge on any atom is -0.493 e. The fourth-order valence-electron chi connectivity index (χ4n) is 2.86. The highest BCUT2D eigenvalue weighted by molar-refractivity contribution is 6.36. The Kier molecular flexibility index (Phi) is 8.17. The maximum Gasteiger partial charge on any atom is 0.258 e. The second kappa shape index (κ2) is 10.4. The summed E-state index contributed by atoms with van der Waals surface area (Å²) in [5.41, 5.74) is 6.18. The maximum absolute atomic E-state index is 13.1. The summed E-state index contributed by atoms with van der Waals surface area (Å²) in [5.74, 6) is -0.294. The van der Waals surface area contributed by atoms with Crippen molar-refractivity contribution in [3.8, 4) is 17.2 Å². The third kappa shape index (κ3) is 5.34. The molecule has 6 nitrogen and oxygen atoms in total. The lowest BCUT2D eigenvalue weighted by atomic mass is 10.0. The summed E-state index contributed by atoms with van der Waals surface area (Å²) >= 11 is 12.4. The first-order chi connectivity index (χ1) is 13.8. The number of carbonyl (C=O) groups is 2. The van der Waals surface area contributed by atoms with E-state index in [2.05, 4.69) is 0 Å². The lowest BCUT2D eigenvalue weighted by Crippen LogP contribution is -2.34. The Morgan fingerprint density at radius 3 is 2.21 bits per heavy atom. The molecule has 0 aromatic heterocycles. The van der Waals surface area contributed by atoms with Gasteiger partial charge in [-0.15, -0.1) is 0 Å². The number of ether oxygens (including phenoxy) is 3. The lowest BCUT2D eigenvalue weighted by Gasteiger charge is -2.21. The summed E-state index contributed by atoms with van der Waals surface area (Å²) in [6.45, 7) is 1.90. The Hall–Kier alpha value is -2.44. The Balaban J connectivity index is 2.52. The summed E-state index contributed by atoms with van der Waals surface area (Å²) < 4.78 is 16.6. The molecule has 2 N–H and O–H groups in total. The van der Waals surface area contributed by atoms with E-state index in [0.29, 0.717) is 34.2 Å². The van der Waals surface area contributed by atoms with E-state index in [0.717, 1.165) is 0 Å². The van der Waals surface area contributed by atoms with Gasteiger partial charge < -0.3 is 19.9 Å². The molecule has 156 valence electrons. The van der Waals surface area contributed by atoms with Crippen LogP contribution in [0, 0.1) is 0 Å². The number of methoxy groups -OCH3 is 2. The van der Waals surface area contributed by atoms with Gasteiger partial charge in [-0.3, -0.25) is 9.59 Å². The van der Waals surface area contributed by atoms with E-state index < -0.39 is 12.0 Å². The van der Waals surface area contributed by atoms with Gasteiger partial charge in [-0.05, 0) is 36.2 Å². The van der Waals surface area contributed by atoms with E-state index in [1.54, 1.807) is 30.3 Å². The zero-order valence-corrected chi connectivity index (χ0v) is 18.0. The molecule has 2 aromatic rings. The fraction of sp³-hybridized carbons (Fsp3) is 0.333. The monoisotopic (exact) mass is 439 g/mol. The van der Waals surface area contributed by atoms with Crippen LogP contribution < -0.4 is 19.9 Å². The van der Waals surface area contributed by atoms with Crippen LogP contribution in [0.2, 0.25) is 10.0 Å². The standard InChI is InChI=1S/C21H23Cl2NO5/c1-4-6-18(21(24)26)29-19-12(9-10-17(27-2)20(19)28-3)16(25)11-13-14(22)7-5-8-15(13)23/h5,7-10,18H,4,6,11H2,1-3H3,(H2,24,26). The molecule has 0 aliphatic rings. The molecule has 29 heavy (non-hydrogen) atoms. The van der Waals surface area contributed by atoms with Crippen molar-refractivity contribution in [1.82, 2.24) is 0 Å². The molecule has 1 atom stereocenters. The first-order valence-electron chi connectivity index (χ1n) is 9.01. The van der Waals surface area contributed by atoms with E-state index in [9.17, 15) is 9.59 Å². The van der Waals surface area contributed by atoms with Gasteiger partial charge in [0, 0.05) is 16.5 Å². The van der Waals surface area contributed by atoms with Crippen molar-refractivity contribution in [3.63, 3.8) is 0 Å². The zero-order valence-electron chi connectivity index (χ0n) is 16.5. The van der Waals surface area contributed by atoms with Crippen LogP contribution in [-0.2, 0) is 11.2 Å². The predicted molar refractivity (Wildman–Crippen MR) is 113 cm³/mol. The average molecular weight is 440 g/mol. The van der Waals surface area contributed by atoms with Crippen molar-refractivity contribution in [3.05, 3.63) is 51.5 Å². The number of amides is 1. The zero-order chi connectivity index (χ0) is 21.6. The van der Waals surface area contributed by atoms with Gasteiger partial charge in [-0.25, -0.2) is 0 Å². The van der Waals surface area contributed by atoms with Gasteiger partial charge in [0.25, 0.3) is 5.91 Å². The van der Waals surface area contributed by atoms with Crippen LogP contribution >= 0.6 is 23.2 Å². The van der Waals surface area contributed by atoms with Crippen molar-refractivity contribution in [1.29, 1.82) is 0 Å². The molecule has 2 rings (SSSR count). The number of rotatable bonds is 10. The highest BCUT2D eigenvalue weighted by Crippen LogP contribution is 2.41. The molecule has 1 unspecified atom stereocenters. The van der Waals surface area contributed by atoms with E-state index in [1.807, 2.05) is 6.92 Å². The number of hydrogen-bond donors (Lipinski definition) is 1. The van der Waals surface area contributed by atoms with E-state index in [4.69, 9.17) is 43.1 Å². The van der Waals surface area contributed by atoms with E-state index in [1.165, 1.54) is 14.2 Å². The van der Waals surface area contributed by atoms with Crippen molar-refractivity contribution in [2.75, 3.05) is 14.2 Å². The van der Waals surface area contributed by atoms with E-state index >= 15 is 0 Å². The quantitative estimate of drug-likeness (QED) is 0.551. The van der Waals surface area contributed by atoms with Gasteiger partial charge in [0.2, 0.25) is 5.75 Å². The minimum atomic E-state index is -0.920. The number of primary amides is 1. The molecule has 0 heterocycles. The molecule has 0 fully saturated rings. The van der Waals surface area contributed by atoms with E-state index in [-0.39, 0.29) is 29.3 Å². The maximum atomic E-state index is 13.1.